The van der Waals surface area contributed by atoms with Gasteiger partial charge in [-0.1, -0.05) is 42.5 Å². The highest BCUT2D eigenvalue weighted by molar-refractivity contribution is 5.85. The van der Waals surface area contributed by atoms with Gasteiger partial charge >= 0.3 is 0 Å². The van der Waals surface area contributed by atoms with Crippen LogP contribution in [-0.2, 0) is 6.54 Å². The Kier molecular flexibility index (Phi) is 7.97. The fourth-order valence-corrected chi connectivity index (χ4v) is 4.33. The molecule has 1 saturated heterocycles. The van der Waals surface area contributed by atoms with Gasteiger partial charge in [0.1, 0.15) is 0 Å². The summed E-state index contributed by atoms with van der Waals surface area (Å²) in [6.07, 6.45) is 2.22. The molecule has 0 bridgehead atoms. The van der Waals surface area contributed by atoms with Crippen molar-refractivity contribution < 1.29 is 5.11 Å². The number of hydrogen-bond acceptors (Lipinski definition) is 4. The molecule has 1 N–H and O–H groups in total. The summed E-state index contributed by atoms with van der Waals surface area (Å²) in [4.78, 5) is 9.78. The van der Waals surface area contributed by atoms with Gasteiger partial charge < -0.3 is 9.67 Å². The second kappa shape index (κ2) is 10.5. The largest absolute Gasteiger partial charge is 0.395 e. The van der Waals surface area contributed by atoms with Crippen LogP contribution in [-0.4, -0.2) is 74.7 Å². The van der Waals surface area contributed by atoms with E-state index in [2.05, 4.69) is 73.5 Å². The molecule has 1 aliphatic heterocycles. The standard InChI is InChI=1S/C23H27N5O.2ClH/c29-17-16-26-12-10-25(11-13-26)14-15-27-22(19-6-2-1-3-7-19)18-28-21-9-5-4-8-20(21)24-23(27)28;;/h1-9,18,29H,10-17H2;2*1H. The zero-order valence-corrected chi connectivity index (χ0v) is 19.1. The summed E-state index contributed by atoms with van der Waals surface area (Å²) in [5, 5.41) is 9.14. The second-order valence-corrected chi connectivity index (χ2v) is 7.71. The first-order valence-corrected chi connectivity index (χ1v) is 10.4. The van der Waals surface area contributed by atoms with Gasteiger partial charge in [-0.05, 0) is 17.7 Å². The maximum absolute atomic E-state index is 9.14. The number of aliphatic hydroxyl groups excluding tert-OH is 1. The zero-order valence-electron chi connectivity index (χ0n) is 17.4. The number of nitrogens with zero attached hydrogens (tertiary/aromatic N) is 5. The number of benzene rings is 2. The first-order chi connectivity index (χ1) is 14.3. The van der Waals surface area contributed by atoms with Crippen LogP contribution in [0.3, 0.4) is 0 Å². The molecule has 6 nitrogen and oxygen atoms in total. The number of halogens is 2. The maximum Gasteiger partial charge on any atom is 0.215 e. The average Bonchev–Trinajstić information content (AvgIpc) is 3.30. The molecule has 8 heteroatoms. The van der Waals surface area contributed by atoms with Crippen molar-refractivity contribution in [2.24, 2.45) is 0 Å². The van der Waals surface area contributed by atoms with E-state index in [1.165, 1.54) is 11.3 Å². The third-order valence-corrected chi connectivity index (χ3v) is 5.95. The van der Waals surface area contributed by atoms with Crippen molar-refractivity contribution in [3.63, 3.8) is 0 Å². The highest BCUT2D eigenvalue weighted by Crippen LogP contribution is 2.26. The normalized spacial score (nSPS) is 15.1. The first-order valence-electron chi connectivity index (χ1n) is 10.4. The van der Waals surface area contributed by atoms with E-state index in [1.54, 1.807) is 0 Å². The van der Waals surface area contributed by atoms with E-state index >= 15 is 0 Å². The molecule has 1 aliphatic rings. The van der Waals surface area contributed by atoms with E-state index in [0.717, 1.165) is 62.6 Å². The topological polar surface area (TPSA) is 48.9 Å². The van der Waals surface area contributed by atoms with Gasteiger partial charge in [0.2, 0.25) is 5.78 Å². The Labute approximate surface area is 194 Å². The Morgan fingerprint density at radius 1 is 0.774 bits per heavy atom. The molecule has 166 valence electrons. The second-order valence-electron chi connectivity index (χ2n) is 7.71. The first kappa shape index (κ1) is 23.6. The van der Waals surface area contributed by atoms with E-state index < -0.39 is 0 Å². The quantitative estimate of drug-likeness (QED) is 0.477. The van der Waals surface area contributed by atoms with Crippen molar-refractivity contribution in [3.8, 4) is 11.3 Å². The number of piperazine rings is 1. The summed E-state index contributed by atoms with van der Waals surface area (Å²) in [6.45, 7) is 7.09. The third-order valence-electron chi connectivity index (χ3n) is 5.95. The number of β-amino-alcohol motifs (C(OH)–C–C–N with tert-alkyl or cyclic N) is 1. The van der Waals surface area contributed by atoms with Crippen LogP contribution in [0.4, 0.5) is 0 Å². The Hall–Kier alpha value is -2.09. The average molecular weight is 462 g/mol. The maximum atomic E-state index is 9.14. The number of aliphatic hydroxyl groups is 1. The zero-order chi connectivity index (χ0) is 19.6. The molecule has 0 atom stereocenters. The number of fused-ring (bicyclic) bond motifs is 3. The van der Waals surface area contributed by atoms with E-state index in [-0.39, 0.29) is 31.4 Å². The third kappa shape index (κ3) is 4.73. The van der Waals surface area contributed by atoms with Crippen LogP contribution in [0, 0.1) is 0 Å². The number of aromatic nitrogens is 3. The molecule has 0 radical (unpaired) electrons. The van der Waals surface area contributed by atoms with Crippen LogP contribution >= 0.6 is 24.8 Å². The summed E-state index contributed by atoms with van der Waals surface area (Å²) < 4.78 is 4.58. The highest BCUT2D eigenvalue weighted by Gasteiger charge is 2.19. The van der Waals surface area contributed by atoms with E-state index in [4.69, 9.17) is 10.1 Å². The van der Waals surface area contributed by atoms with Crippen molar-refractivity contribution in [1.82, 2.24) is 23.8 Å². The van der Waals surface area contributed by atoms with Crippen molar-refractivity contribution in [2.75, 3.05) is 45.9 Å². The van der Waals surface area contributed by atoms with Gasteiger partial charge in [0, 0.05) is 52.0 Å². The van der Waals surface area contributed by atoms with Crippen LogP contribution < -0.4 is 0 Å². The van der Waals surface area contributed by atoms with Crippen LogP contribution in [0.1, 0.15) is 0 Å². The highest BCUT2D eigenvalue weighted by atomic mass is 35.5. The summed E-state index contributed by atoms with van der Waals surface area (Å²) in [5.74, 6) is 1.00. The smallest absolute Gasteiger partial charge is 0.215 e. The molecular weight excluding hydrogens is 433 g/mol. The monoisotopic (exact) mass is 461 g/mol. The predicted octanol–water partition coefficient (Wildman–Crippen LogP) is 3.41. The molecule has 0 amide bonds. The Morgan fingerprint density at radius 2 is 1.42 bits per heavy atom. The van der Waals surface area contributed by atoms with Crippen molar-refractivity contribution in [2.45, 2.75) is 6.54 Å². The molecule has 0 saturated carbocycles. The molecule has 0 unspecified atom stereocenters. The van der Waals surface area contributed by atoms with Gasteiger partial charge in [0.25, 0.3) is 0 Å². The van der Waals surface area contributed by atoms with Crippen LogP contribution in [0.2, 0.25) is 0 Å². The molecule has 31 heavy (non-hydrogen) atoms. The van der Waals surface area contributed by atoms with Crippen LogP contribution in [0.15, 0.2) is 60.8 Å². The SMILES string of the molecule is Cl.Cl.OCCN1CCN(CCn2c(-c3ccccc3)cn3c4ccccc4nc23)CC1. The lowest BCUT2D eigenvalue weighted by Crippen LogP contribution is -2.47. The number of para-hydroxylation sites is 2. The van der Waals surface area contributed by atoms with E-state index in [0.29, 0.717) is 0 Å². The summed E-state index contributed by atoms with van der Waals surface area (Å²) in [5.41, 5.74) is 4.61. The van der Waals surface area contributed by atoms with Gasteiger partial charge in [-0.15, -0.1) is 24.8 Å². The van der Waals surface area contributed by atoms with Gasteiger partial charge in [-0.2, -0.15) is 0 Å². The minimum Gasteiger partial charge on any atom is -0.395 e. The minimum absolute atomic E-state index is 0. The number of hydrogen-bond donors (Lipinski definition) is 1. The molecule has 0 aliphatic carbocycles. The molecule has 4 aromatic rings. The fourth-order valence-electron chi connectivity index (χ4n) is 4.33. The van der Waals surface area contributed by atoms with E-state index in [1.807, 2.05) is 6.07 Å². The lowest BCUT2D eigenvalue weighted by Gasteiger charge is -2.34. The molecule has 3 heterocycles. The summed E-state index contributed by atoms with van der Waals surface area (Å²) in [7, 11) is 0. The molecule has 5 rings (SSSR count). The molecular formula is C23H29Cl2N5O. The van der Waals surface area contributed by atoms with Gasteiger partial charge in [0.15, 0.2) is 0 Å². The van der Waals surface area contributed by atoms with Crippen molar-refractivity contribution >= 4 is 41.6 Å². The fraction of sp³-hybridized carbons (Fsp3) is 0.348. The molecule has 2 aromatic carbocycles. The van der Waals surface area contributed by atoms with Crippen molar-refractivity contribution in [3.05, 3.63) is 60.8 Å². The van der Waals surface area contributed by atoms with E-state index in [9.17, 15) is 0 Å². The van der Waals surface area contributed by atoms with Crippen LogP contribution in [0.25, 0.3) is 28.1 Å². The van der Waals surface area contributed by atoms with Gasteiger partial charge in [-0.3, -0.25) is 14.2 Å². The Morgan fingerprint density at radius 3 is 2.13 bits per heavy atom. The predicted molar refractivity (Wildman–Crippen MR) is 131 cm³/mol. The summed E-state index contributed by atoms with van der Waals surface area (Å²) in [6, 6.07) is 18.9. The minimum atomic E-state index is 0. The molecule has 0 spiro atoms. The lowest BCUT2D eigenvalue weighted by atomic mass is 10.1. The van der Waals surface area contributed by atoms with Gasteiger partial charge in [-0.25, -0.2) is 4.98 Å². The summed E-state index contributed by atoms with van der Waals surface area (Å²) >= 11 is 0. The van der Waals surface area contributed by atoms with Crippen LogP contribution in [0.5, 0.6) is 0 Å². The number of imidazole rings is 2. The molecule has 2 aromatic heterocycles. The molecule has 1 fully saturated rings. The Bertz CT molecular complexity index is 1100. The lowest BCUT2D eigenvalue weighted by molar-refractivity contribution is 0.110. The number of rotatable bonds is 6. The van der Waals surface area contributed by atoms with Crippen molar-refractivity contribution in [1.29, 1.82) is 0 Å². The van der Waals surface area contributed by atoms with Gasteiger partial charge in [0.05, 0.1) is 23.3 Å². The Balaban J connectivity index is 0.00000136.